The highest BCUT2D eigenvalue weighted by atomic mass is 32.2. The van der Waals surface area contributed by atoms with Gasteiger partial charge in [-0.25, -0.2) is 18.2 Å². The fourth-order valence-corrected chi connectivity index (χ4v) is 7.87. The van der Waals surface area contributed by atoms with Crippen LogP contribution in [0.4, 0.5) is 18.0 Å². The predicted octanol–water partition coefficient (Wildman–Crippen LogP) is 4.36. The Morgan fingerprint density at radius 1 is 1.13 bits per heavy atom. The highest BCUT2D eigenvalue weighted by Crippen LogP contribution is 2.47. The number of amides is 4. The molecule has 2 aromatic heterocycles. The minimum absolute atomic E-state index is 0.0753. The number of allylic oxidation sites excluding steroid dienone is 1. The van der Waals surface area contributed by atoms with Gasteiger partial charge in [-0.2, -0.15) is 18.3 Å². The lowest BCUT2D eigenvalue weighted by molar-refractivity contribution is -0.141. The normalized spacial score (nSPS) is 23.7. The van der Waals surface area contributed by atoms with Gasteiger partial charge in [0.25, 0.3) is 5.91 Å². The number of halogens is 3. The summed E-state index contributed by atoms with van der Waals surface area (Å²) in [6.45, 7) is 3.57. The van der Waals surface area contributed by atoms with E-state index in [2.05, 4.69) is 25.4 Å². The Morgan fingerprint density at radius 3 is 2.54 bits per heavy atom. The van der Waals surface area contributed by atoms with Crippen molar-refractivity contribution in [3.05, 3.63) is 47.7 Å². The maximum Gasteiger partial charge on any atom is 0.435 e. The van der Waals surface area contributed by atoms with Crippen LogP contribution in [0.15, 0.2) is 36.4 Å². The van der Waals surface area contributed by atoms with Crippen molar-refractivity contribution in [1.29, 1.82) is 0 Å². The lowest BCUT2D eigenvalue weighted by Gasteiger charge is -2.26. The summed E-state index contributed by atoms with van der Waals surface area (Å²) in [5, 5.41) is 9.64. The van der Waals surface area contributed by atoms with Crippen molar-refractivity contribution in [2.75, 3.05) is 27.3 Å². The molecule has 2 unspecified atom stereocenters. The molecule has 3 heterocycles. The van der Waals surface area contributed by atoms with Gasteiger partial charge in [0.15, 0.2) is 5.69 Å². The van der Waals surface area contributed by atoms with E-state index in [1.807, 2.05) is 12.2 Å². The molecule has 2 saturated carbocycles. The Kier molecular flexibility index (Phi) is 10.4. The number of nitrogens with zero attached hydrogens (tertiary/aromatic N) is 4. The predicted molar refractivity (Wildman–Crippen MR) is 192 cm³/mol. The topological polar surface area (TPSA) is 174 Å². The third-order valence-electron chi connectivity index (χ3n) is 10.5. The molecule has 54 heavy (non-hydrogen) atoms. The molecule has 6 rings (SSSR count). The van der Waals surface area contributed by atoms with Crippen LogP contribution >= 0.6 is 0 Å². The van der Waals surface area contributed by atoms with Gasteiger partial charge in [0, 0.05) is 50.0 Å². The van der Waals surface area contributed by atoms with Gasteiger partial charge in [-0.1, -0.05) is 12.2 Å². The Labute approximate surface area is 310 Å². The molecule has 18 heteroatoms. The van der Waals surface area contributed by atoms with Gasteiger partial charge in [-0.15, -0.1) is 0 Å². The van der Waals surface area contributed by atoms with E-state index in [9.17, 15) is 36.0 Å². The zero-order valence-electron chi connectivity index (χ0n) is 30.7. The van der Waals surface area contributed by atoms with Crippen molar-refractivity contribution < 1.29 is 45.4 Å². The minimum Gasteiger partial charge on any atom is -0.496 e. The minimum atomic E-state index is -4.68. The summed E-state index contributed by atoms with van der Waals surface area (Å²) in [7, 11) is 0.448. The Hall–Kier alpha value is -4.87. The first-order valence-corrected chi connectivity index (χ1v) is 19.2. The first-order valence-electron chi connectivity index (χ1n) is 17.7. The molecule has 3 aliphatic rings. The van der Waals surface area contributed by atoms with Crippen LogP contribution in [0.3, 0.4) is 0 Å². The van der Waals surface area contributed by atoms with Gasteiger partial charge in [-0.3, -0.25) is 19.0 Å². The molecule has 3 atom stereocenters. The summed E-state index contributed by atoms with van der Waals surface area (Å²) in [4.78, 5) is 47.0. The second kappa shape index (κ2) is 14.4. The third kappa shape index (κ3) is 7.70. The number of alkyl halides is 3. The Bertz CT molecular complexity index is 2120. The van der Waals surface area contributed by atoms with E-state index in [0.29, 0.717) is 54.4 Å². The number of nitrogens with one attached hydrogen (secondary N) is 3. The highest BCUT2D eigenvalue weighted by molar-refractivity contribution is 7.91. The maximum atomic E-state index is 14.0. The number of hydrogen-bond acceptors (Lipinski definition) is 9. The monoisotopic (exact) mass is 775 g/mol. The molecule has 14 nitrogen and oxygen atoms in total. The van der Waals surface area contributed by atoms with E-state index in [1.165, 1.54) is 25.1 Å². The number of aryl methyl sites for hydroxylation is 2. The van der Waals surface area contributed by atoms with Crippen molar-refractivity contribution in [3.63, 3.8) is 0 Å². The molecule has 1 aromatic carbocycles. The molecule has 292 valence electrons. The number of fused-ring (bicyclic) bond motifs is 2. The van der Waals surface area contributed by atoms with E-state index in [-0.39, 0.29) is 36.6 Å². The average Bonchev–Trinajstić information content (AvgIpc) is 3.99. The summed E-state index contributed by atoms with van der Waals surface area (Å²) >= 11 is 0. The molecule has 3 aromatic rings. The number of benzene rings is 1. The van der Waals surface area contributed by atoms with Gasteiger partial charge in [0.2, 0.25) is 15.9 Å². The van der Waals surface area contributed by atoms with Crippen LogP contribution < -0.4 is 24.8 Å². The lowest BCUT2D eigenvalue weighted by Crippen LogP contribution is -2.58. The van der Waals surface area contributed by atoms with Crippen molar-refractivity contribution in [1.82, 2.24) is 35.0 Å². The summed E-state index contributed by atoms with van der Waals surface area (Å²) in [6, 6.07) is 4.01. The van der Waals surface area contributed by atoms with Gasteiger partial charge in [0.1, 0.15) is 23.1 Å². The maximum absolute atomic E-state index is 14.0. The van der Waals surface area contributed by atoms with Gasteiger partial charge >= 0.3 is 12.2 Å². The summed E-state index contributed by atoms with van der Waals surface area (Å²) in [5.41, 5.74) is -1.41. The molecule has 0 bridgehead atoms. The number of methoxy groups -OCH3 is 1. The van der Waals surface area contributed by atoms with Crippen LogP contribution in [0, 0.1) is 12.8 Å². The molecule has 2 fully saturated rings. The zero-order chi connectivity index (χ0) is 39.2. The van der Waals surface area contributed by atoms with E-state index in [1.54, 1.807) is 33.0 Å². The van der Waals surface area contributed by atoms with Crippen molar-refractivity contribution in [3.8, 4) is 22.9 Å². The number of sulfonamides is 1. The van der Waals surface area contributed by atoms with E-state index in [0.717, 1.165) is 17.2 Å². The summed E-state index contributed by atoms with van der Waals surface area (Å²) in [6.07, 6.45) is 2.06. The zero-order valence-corrected chi connectivity index (χ0v) is 31.5. The quantitative estimate of drug-likeness (QED) is 0.267. The molecule has 4 amide bonds. The highest BCUT2D eigenvalue weighted by Gasteiger charge is 2.62. The molecule has 2 aliphatic carbocycles. The van der Waals surface area contributed by atoms with Crippen LogP contribution in [0.2, 0.25) is 0 Å². The van der Waals surface area contributed by atoms with Gasteiger partial charge in [-0.05, 0) is 70.6 Å². The molecule has 0 spiro atoms. The largest absolute Gasteiger partial charge is 0.496 e. The van der Waals surface area contributed by atoms with Gasteiger partial charge < -0.3 is 25.0 Å². The lowest BCUT2D eigenvalue weighted by atomic mass is 10.1. The fourth-order valence-electron chi connectivity index (χ4n) is 6.55. The van der Waals surface area contributed by atoms with E-state index in [4.69, 9.17) is 9.47 Å². The fraction of sp³-hybridized carbons (Fsp3) is 0.528. The molecule has 1 aliphatic heterocycles. The number of rotatable bonds is 9. The molecular weight excluding hydrogens is 731 g/mol. The standard InChI is InChI=1S/C36H44F3N7O7S/c1-21-27(52-5)12-11-23-28(18-25(40-30(21)23)26-19-29(36(37,38)39)43-46(26)4)53-17-13-24-31(47)42-35(32(48)44-54(50,51)34(2)14-15-34)20-22(35)10-8-6-7-9-16-45(3)33(49)41-24/h8,10-12,18-19,22,24H,6-7,9,13-17,20H2,1-5H3,(H,41,49)(H,42,47)(H,44,48)/b10-8-/t22?,24?,35-/m1/s1. The second-order valence-electron chi connectivity index (χ2n) is 14.5. The molecule has 0 saturated heterocycles. The third-order valence-corrected chi connectivity index (χ3v) is 12.7. The first-order chi connectivity index (χ1) is 25.4. The van der Waals surface area contributed by atoms with E-state index < -0.39 is 62.0 Å². The van der Waals surface area contributed by atoms with Crippen molar-refractivity contribution >= 4 is 38.8 Å². The van der Waals surface area contributed by atoms with Crippen molar-refractivity contribution in [2.24, 2.45) is 13.0 Å². The Balaban J connectivity index is 1.29. The molecular formula is C36H44F3N7O7S. The summed E-state index contributed by atoms with van der Waals surface area (Å²) in [5.74, 6) is -1.29. The number of carbonyl (C=O) groups excluding carboxylic acids is 3. The van der Waals surface area contributed by atoms with Crippen LogP contribution in [-0.4, -0.2) is 89.6 Å². The molecule has 0 radical (unpaired) electrons. The first kappa shape index (κ1) is 38.8. The van der Waals surface area contributed by atoms with Gasteiger partial charge in [0.05, 0.1) is 35.4 Å². The van der Waals surface area contributed by atoms with Crippen LogP contribution in [0.1, 0.15) is 63.1 Å². The second-order valence-corrected chi connectivity index (χ2v) is 16.7. The number of pyridine rings is 1. The van der Waals surface area contributed by atoms with Crippen LogP contribution in [0.5, 0.6) is 11.5 Å². The number of carbonyl (C=O) groups is 3. The molecule has 3 N–H and O–H groups in total. The van der Waals surface area contributed by atoms with Crippen LogP contribution in [-0.2, 0) is 32.8 Å². The average molecular weight is 776 g/mol. The van der Waals surface area contributed by atoms with E-state index >= 15 is 0 Å². The smallest absolute Gasteiger partial charge is 0.435 e. The summed E-state index contributed by atoms with van der Waals surface area (Å²) < 4.78 is 80.6. The number of aromatic nitrogens is 3. The number of ether oxygens (including phenoxy) is 2. The van der Waals surface area contributed by atoms with Crippen LogP contribution in [0.25, 0.3) is 22.3 Å². The SMILES string of the molecule is COc1ccc2c(OCCC3NC(=O)N(C)CCCC/C=C\C4C[C@@]4(C(=O)NS(=O)(=O)C4(C)CC4)NC3=O)cc(-c3cc(C(F)(F)F)nn3C)nc2c1C. The number of hydrogen-bond donors (Lipinski definition) is 3. The Morgan fingerprint density at radius 2 is 1.87 bits per heavy atom. The van der Waals surface area contributed by atoms with Crippen molar-refractivity contribution in [2.45, 2.75) is 81.3 Å². The number of urea groups is 1.